The molecule has 11 atom stereocenters. The normalized spacial score (nSPS) is 30.5. The van der Waals surface area contributed by atoms with E-state index in [-0.39, 0.29) is 18.1 Å². The predicted molar refractivity (Wildman–Crippen MR) is 243 cm³/mol. The number of carboxylic acids is 1. The number of likely N-dealkylation sites (N-methyl/N-ethyl adjacent to an activating group) is 1. The molecule has 4 rings (SSSR count). The van der Waals surface area contributed by atoms with Crippen molar-refractivity contribution in [3.05, 3.63) is 11.6 Å². The summed E-state index contributed by atoms with van der Waals surface area (Å²) in [5, 5.41) is 10.6. The maximum atomic E-state index is 12.9. The fourth-order valence-electron chi connectivity index (χ4n) is 12.3. The molecular weight excluding hydrogens is 774 g/mol. The molecule has 0 radical (unpaired) electrons. The quantitative estimate of drug-likeness (QED) is 0.0329. The molecule has 1 N–H and O–H groups in total. The molecule has 0 bridgehead atoms. The van der Waals surface area contributed by atoms with E-state index in [4.69, 9.17) is 18.5 Å². The first-order valence-corrected chi connectivity index (χ1v) is 26.5. The third kappa shape index (κ3) is 15.4. The summed E-state index contributed by atoms with van der Waals surface area (Å²) in [7, 11) is 1.17. The van der Waals surface area contributed by atoms with Crippen molar-refractivity contribution in [2.24, 2.45) is 46.3 Å². The lowest BCUT2D eigenvalue weighted by Crippen LogP contribution is -2.51. The minimum atomic E-state index is -4.69. The Bertz CT molecular complexity index is 1350. The van der Waals surface area contributed by atoms with Gasteiger partial charge < -0.3 is 33.0 Å². The Morgan fingerprint density at radius 1 is 0.850 bits per heavy atom. The Hall–Kier alpha value is -0.800. The van der Waals surface area contributed by atoms with E-state index in [0.29, 0.717) is 35.4 Å². The number of aliphatic carboxylic acids is 1. The summed E-state index contributed by atoms with van der Waals surface area (Å²) in [6.07, 6.45) is 27.3. The van der Waals surface area contributed by atoms with Crippen molar-refractivity contribution in [2.45, 2.75) is 208 Å². The highest BCUT2D eigenvalue weighted by atomic mass is 31.2. The third-order valence-electron chi connectivity index (χ3n) is 15.9. The maximum absolute atomic E-state index is 12.9. The van der Waals surface area contributed by atoms with Crippen LogP contribution >= 0.6 is 7.82 Å². The first kappa shape index (κ1) is 51.8. The first-order chi connectivity index (χ1) is 28.4. The fraction of sp³-hybridized carbons (Fsp3) is 0.940. The highest BCUT2D eigenvalue weighted by Crippen LogP contribution is 2.67. The van der Waals surface area contributed by atoms with Crippen LogP contribution < -0.4 is 4.89 Å². The average Bonchev–Trinajstić information content (AvgIpc) is 3.53. The number of ether oxygens (including phenoxy) is 2. The molecule has 3 saturated carbocycles. The van der Waals surface area contributed by atoms with Gasteiger partial charge in [-0.15, -0.1) is 0 Å². The number of phosphoric acid groups is 1. The molecule has 0 aromatic heterocycles. The van der Waals surface area contributed by atoms with Crippen molar-refractivity contribution >= 4 is 13.8 Å². The number of carboxylic acid groups (broad SMARTS) is 1. The van der Waals surface area contributed by atoms with E-state index in [1.807, 2.05) is 21.1 Å². The SMILES string of the molecule is CCCCCCCCCCCCCCOC(COP(=O)([O-])OCC[N+](C)(C)C)C(OC1CC[C@@]2(C)C(=CCC3C2CC[C@@]2(C)C3CC[C@@H]2[C@H](C)CCCC(C)C)C1)C(=O)O. The Morgan fingerprint density at radius 3 is 2.12 bits per heavy atom. The topological polar surface area (TPSA) is 114 Å². The van der Waals surface area contributed by atoms with E-state index in [9.17, 15) is 19.4 Å². The maximum Gasteiger partial charge on any atom is 0.335 e. The number of rotatable bonds is 30. The number of fused-ring (bicyclic) bond motifs is 5. The van der Waals surface area contributed by atoms with Crippen LogP contribution in [0, 0.1) is 46.3 Å². The molecule has 9 nitrogen and oxygen atoms in total. The van der Waals surface area contributed by atoms with E-state index < -0.39 is 32.6 Å². The van der Waals surface area contributed by atoms with Gasteiger partial charge in [0.2, 0.25) is 0 Å². The van der Waals surface area contributed by atoms with Crippen LogP contribution in [0.2, 0.25) is 0 Å². The second-order valence-electron chi connectivity index (χ2n) is 21.9. The molecule has 0 aromatic carbocycles. The molecule has 4 aliphatic carbocycles. The summed E-state index contributed by atoms with van der Waals surface area (Å²) in [6, 6.07) is 0. The molecule has 0 aliphatic heterocycles. The molecular formula is C50H92NO8P. The molecule has 0 heterocycles. The van der Waals surface area contributed by atoms with Crippen LogP contribution in [0.25, 0.3) is 0 Å². The number of carbonyl (C=O) groups is 1. The van der Waals surface area contributed by atoms with Gasteiger partial charge >= 0.3 is 5.97 Å². The fourth-order valence-corrected chi connectivity index (χ4v) is 13.0. The average molecular weight is 866 g/mol. The van der Waals surface area contributed by atoms with Gasteiger partial charge in [-0.1, -0.05) is 143 Å². The summed E-state index contributed by atoms with van der Waals surface area (Å²) < 4.78 is 36.6. The Kier molecular flexibility index (Phi) is 21.1. The van der Waals surface area contributed by atoms with Gasteiger partial charge in [0, 0.05) is 6.61 Å². The lowest BCUT2D eigenvalue weighted by molar-refractivity contribution is -0.870. The Labute approximate surface area is 368 Å². The number of hydrogen-bond acceptors (Lipinski definition) is 7. The molecule has 0 aromatic rings. The van der Waals surface area contributed by atoms with Gasteiger partial charge in [0.1, 0.15) is 19.3 Å². The standard InChI is InChI=1S/C50H92NO8P/c1-10-11-12-13-14-15-16-17-18-19-20-21-34-56-46(37-58-60(54,55)57-35-33-51(7,8)9)47(48(52)53)59-41-29-31-49(5)40(36-41)25-26-42-44-28-27-43(39(4)24-22-23-38(2)3)50(44,6)32-30-45(42)49/h25,38-39,41-47H,10-24,26-37H2,1-9H3,(H-,52,53,54,55)/t39-,41?,42?,43-,44?,45?,46?,47?,49+,50-/m1/s1. The van der Waals surface area contributed by atoms with Crippen molar-refractivity contribution < 1.29 is 42.4 Å². The summed E-state index contributed by atoms with van der Waals surface area (Å²) in [5.74, 6) is 3.40. The van der Waals surface area contributed by atoms with Gasteiger partial charge in [-0.2, -0.15) is 0 Å². The zero-order chi connectivity index (χ0) is 44.0. The number of phosphoric ester groups is 1. The van der Waals surface area contributed by atoms with Gasteiger partial charge in [-0.05, 0) is 104 Å². The monoisotopic (exact) mass is 866 g/mol. The molecule has 10 heteroatoms. The minimum absolute atomic E-state index is 0.0244. The molecule has 60 heavy (non-hydrogen) atoms. The summed E-state index contributed by atoms with van der Waals surface area (Å²) in [6.45, 7) is 14.9. The zero-order valence-corrected chi connectivity index (χ0v) is 41.0. The lowest BCUT2D eigenvalue weighted by atomic mass is 9.47. The number of hydrogen-bond donors (Lipinski definition) is 1. The van der Waals surface area contributed by atoms with E-state index >= 15 is 0 Å². The van der Waals surface area contributed by atoms with Crippen LogP contribution in [0.4, 0.5) is 0 Å². The number of nitrogens with zero attached hydrogens (tertiary/aromatic N) is 1. The predicted octanol–water partition coefficient (Wildman–Crippen LogP) is 12.2. The van der Waals surface area contributed by atoms with Crippen molar-refractivity contribution in [1.29, 1.82) is 0 Å². The summed E-state index contributed by atoms with van der Waals surface area (Å²) in [5.41, 5.74) is 1.98. The second kappa shape index (κ2) is 24.5. The molecule has 7 unspecified atom stereocenters. The molecule has 3 fully saturated rings. The van der Waals surface area contributed by atoms with Crippen LogP contribution in [0.5, 0.6) is 0 Å². The van der Waals surface area contributed by atoms with Gasteiger partial charge in [0.05, 0.1) is 33.9 Å². The van der Waals surface area contributed by atoms with Gasteiger partial charge in [0.15, 0.2) is 6.10 Å². The van der Waals surface area contributed by atoms with Crippen molar-refractivity contribution in [3.63, 3.8) is 0 Å². The molecule has 0 saturated heterocycles. The largest absolute Gasteiger partial charge is 0.756 e. The summed E-state index contributed by atoms with van der Waals surface area (Å²) >= 11 is 0. The molecule has 350 valence electrons. The smallest absolute Gasteiger partial charge is 0.335 e. The summed E-state index contributed by atoms with van der Waals surface area (Å²) in [4.78, 5) is 25.8. The van der Waals surface area contributed by atoms with Crippen LogP contribution in [0.3, 0.4) is 0 Å². The number of quaternary nitrogens is 1. The van der Waals surface area contributed by atoms with Crippen LogP contribution in [-0.2, 0) is 27.9 Å². The van der Waals surface area contributed by atoms with Crippen LogP contribution in [-0.4, -0.2) is 81.4 Å². The van der Waals surface area contributed by atoms with Gasteiger partial charge in [0.25, 0.3) is 7.82 Å². The first-order valence-electron chi connectivity index (χ1n) is 25.0. The third-order valence-corrected chi connectivity index (χ3v) is 16.9. The zero-order valence-electron chi connectivity index (χ0n) is 40.1. The number of allylic oxidation sites excluding steroid dienone is 1. The lowest BCUT2D eigenvalue weighted by Gasteiger charge is -2.58. The van der Waals surface area contributed by atoms with Crippen molar-refractivity contribution in [3.8, 4) is 0 Å². The second-order valence-corrected chi connectivity index (χ2v) is 23.3. The van der Waals surface area contributed by atoms with Gasteiger partial charge in [-0.25, -0.2) is 4.79 Å². The highest BCUT2D eigenvalue weighted by molar-refractivity contribution is 7.45. The van der Waals surface area contributed by atoms with E-state index in [1.54, 1.807) is 0 Å². The van der Waals surface area contributed by atoms with Crippen LogP contribution in [0.1, 0.15) is 189 Å². The van der Waals surface area contributed by atoms with E-state index in [2.05, 4.69) is 47.6 Å². The Morgan fingerprint density at radius 2 is 1.50 bits per heavy atom. The molecule has 4 aliphatic rings. The van der Waals surface area contributed by atoms with E-state index in [1.165, 1.54) is 108 Å². The van der Waals surface area contributed by atoms with Crippen molar-refractivity contribution in [1.82, 2.24) is 0 Å². The molecule has 0 spiro atoms. The van der Waals surface area contributed by atoms with Gasteiger partial charge in [-0.3, -0.25) is 4.57 Å². The van der Waals surface area contributed by atoms with Crippen LogP contribution in [0.15, 0.2) is 11.6 Å². The van der Waals surface area contributed by atoms with E-state index in [0.717, 1.165) is 68.1 Å². The van der Waals surface area contributed by atoms with Crippen molar-refractivity contribution in [2.75, 3.05) is 47.5 Å². The number of unbranched alkanes of at least 4 members (excludes halogenated alkanes) is 11. The highest BCUT2D eigenvalue weighted by Gasteiger charge is 2.59. The molecule has 0 amide bonds. The minimum Gasteiger partial charge on any atom is -0.756 e. The Balaban J connectivity index is 1.35.